The van der Waals surface area contributed by atoms with Crippen LogP contribution in [0.25, 0.3) is 0 Å². The van der Waals surface area contributed by atoms with E-state index in [1.165, 1.54) is 0 Å². The van der Waals surface area contributed by atoms with Crippen molar-refractivity contribution in [3.05, 3.63) is 56.9 Å². The van der Waals surface area contributed by atoms with E-state index in [0.717, 1.165) is 11.8 Å². The smallest absolute Gasteiger partial charge is 0.316 e. The van der Waals surface area contributed by atoms with Crippen molar-refractivity contribution in [3.63, 3.8) is 0 Å². The Bertz CT molecular complexity index is 854. The zero-order valence-corrected chi connectivity index (χ0v) is 12.0. The third-order valence-electron chi connectivity index (χ3n) is 2.63. The van der Waals surface area contributed by atoms with Gasteiger partial charge in [0.1, 0.15) is 0 Å². The predicted octanol–water partition coefficient (Wildman–Crippen LogP) is -0.417. The van der Waals surface area contributed by atoms with Gasteiger partial charge < -0.3 is 10.3 Å². The maximum Gasteiger partial charge on any atom is 0.325 e. The van der Waals surface area contributed by atoms with E-state index in [2.05, 4.69) is 15.0 Å². The molecule has 1 aromatic carbocycles. The van der Waals surface area contributed by atoms with Gasteiger partial charge in [0.2, 0.25) is 0 Å². The molecule has 0 aliphatic heterocycles. The van der Waals surface area contributed by atoms with Crippen molar-refractivity contribution < 1.29 is 8.42 Å². The monoisotopic (exact) mass is 310 g/mol. The maximum absolute atomic E-state index is 12.1. The lowest BCUT2D eigenvalue weighted by atomic mass is 10.2. The molecule has 21 heavy (non-hydrogen) atoms. The van der Waals surface area contributed by atoms with Crippen LogP contribution in [0.2, 0.25) is 0 Å². The van der Waals surface area contributed by atoms with Crippen LogP contribution in [-0.2, 0) is 16.6 Å². The van der Waals surface area contributed by atoms with E-state index in [4.69, 9.17) is 0 Å². The van der Waals surface area contributed by atoms with Crippen LogP contribution in [0.5, 0.6) is 0 Å². The highest BCUT2D eigenvalue weighted by Crippen LogP contribution is 2.14. The van der Waals surface area contributed by atoms with E-state index in [1.807, 2.05) is 11.1 Å². The molecular formula is C12H14N4O4S. The summed E-state index contributed by atoms with van der Waals surface area (Å²) in [6.07, 6.45) is 0.862. The minimum atomic E-state index is -4.08. The van der Waals surface area contributed by atoms with Crippen molar-refractivity contribution in [2.75, 3.05) is 11.8 Å². The summed E-state index contributed by atoms with van der Waals surface area (Å²) in [5, 5.41) is 2.95. The summed E-state index contributed by atoms with van der Waals surface area (Å²) < 4.78 is 26.6. The molecule has 0 radical (unpaired) electrons. The molecule has 2 rings (SSSR count). The van der Waals surface area contributed by atoms with Crippen molar-refractivity contribution in [1.82, 2.24) is 15.3 Å². The highest BCUT2D eigenvalue weighted by Gasteiger charge is 2.18. The number of hydrogen-bond acceptors (Lipinski definition) is 5. The first kappa shape index (κ1) is 15.0. The average molecular weight is 310 g/mol. The molecule has 0 fully saturated rings. The number of nitrogens with one attached hydrogen (secondary N) is 4. The van der Waals surface area contributed by atoms with Crippen molar-refractivity contribution in [2.45, 2.75) is 11.4 Å². The SMILES string of the molecule is CNCc1cccc(NS(=O)(=O)c2c[nH]c(=O)[nH]c2=O)c1. The van der Waals surface area contributed by atoms with Gasteiger partial charge in [-0.2, -0.15) is 0 Å². The second-order valence-corrected chi connectivity index (χ2v) is 5.92. The van der Waals surface area contributed by atoms with Gasteiger partial charge in [-0.25, -0.2) is 13.2 Å². The first-order chi connectivity index (χ1) is 9.92. The Morgan fingerprint density at radius 3 is 2.67 bits per heavy atom. The minimum absolute atomic E-state index is 0.327. The number of rotatable bonds is 5. The maximum atomic E-state index is 12.1. The lowest BCUT2D eigenvalue weighted by molar-refractivity contribution is 0.599. The summed E-state index contributed by atoms with van der Waals surface area (Å²) >= 11 is 0. The number of hydrogen-bond donors (Lipinski definition) is 4. The first-order valence-electron chi connectivity index (χ1n) is 6.01. The predicted molar refractivity (Wildman–Crippen MR) is 77.7 cm³/mol. The van der Waals surface area contributed by atoms with E-state index in [-0.39, 0.29) is 0 Å². The molecule has 0 amide bonds. The number of H-pyrrole nitrogens is 2. The average Bonchev–Trinajstić information content (AvgIpc) is 2.38. The topological polar surface area (TPSA) is 124 Å². The quantitative estimate of drug-likeness (QED) is 0.597. The summed E-state index contributed by atoms with van der Waals surface area (Å²) in [5.74, 6) is 0. The molecule has 0 saturated carbocycles. The highest BCUT2D eigenvalue weighted by atomic mass is 32.2. The molecule has 9 heteroatoms. The van der Waals surface area contributed by atoms with Crippen LogP contribution in [-0.4, -0.2) is 25.4 Å². The Balaban J connectivity index is 2.35. The zero-order chi connectivity index (χ0) is 15.5. The fourth-order valence-electron chi connectivity index (χ4n) is 1.76. The number of sulfonamides is 1. The van der Waals surface area contributed by atoms with Gasteiger partial charge in [0.15, 0.2) is 4.90 Å². The molecule has 0 unspecified atom stereocenters. The largest absolute Gasteiger partial charge is 0.325 e. The Hall–Kier alpha value is -2.39. The van der Waals surface area contributed by atoms with Crippen molar-refractivity contribution in [1.29, 1.82) is 0 Å². The summed E-state index contributed by atoms with van der Waals surface area (Å²) in [7, 11) is -2.30. The lowest BCUT2D eigenvalue weighted by Crippen LogP contribution is -2.29. The highest BCUT2D eigenvalue weighted by molar-refractivity contribution is 7.92. The lowest BCUT2D eigenvalue weighted by Gasteiger charge is -2.08. The van der Waals surface area contributed by atoms with Gasteiger partial charge >= 0.3 is 5.69 Å². The number of aromatic nitrogens is 2. The van der Waals surface area contributed by atoms with E-state index in [0.29, 0.717) is 12.2 Å². The Morgan fingerprint density at radius 2 is 2.00 bits per heavy atom. The second-order valence-electron chi connectivity index (χ2n) is 4.27. The Morgan fingerprint density at radius 1 is 1.24 bits per heavy atom. The molecule has 4 N–H and O–H groups in total. The third kappa shape index (κ3) is 3.58. The molecule has 2 aromatic rings. The number of aromatic amines is 2. The van der Waals surface area contributed by atoms with E-state index < -0.39 is 26.2 Å². The van der Waals surface area contributed by atoms with Crippen LogP contribution >= 0.6 is 0 Å². The Labute approximate surface area is 120 Å². The minimum Gasteiger partial charge on any atom is -0.316 e. The van der Waals surface area contributed by atoms with Crippen molar-refractivity contribution in [3.8, 4) is 0 Å². The summed E-state index contributed by atoms with van der Waals surface area (Å²) in [6, 6.07) is 6.74. The molecule has 0 atom stereocenters. The van der Waals surface area contributed by atoms with Gasteiger partial charge in [0.05, 0.1) is 0 Å². The Kier molecular flexibility index (Phi) is 4.24. The molecule has 1 heterocycles. The molecule has 8 nitrogen and oxygen atoms in total. The van der Waals surface area contributed by atoms with Crippen molar-refractivity contribution >= 4 is 15.7 Å². The zero-order valence-electron chi connectivity index (χ0n) is 11.1. The van der Waals surface area contributed by atoms with Crippen LogP contribution in [0.4, 0.5) is 5.69 Å². The van der Waals surface area contributed by atoms with Crippen LogP contribution < -0.4 is 21.3 Å². The first-order valence-corrected chi connectivity index (χ1v) is 7.49. The van der Waals surface area contributed by atoms with Gasteiger partial charge in [0, 0.05) is 18.4 Å². The van der Waals surface area contributed by atoms with Gasteiger partial charge in [-0.3, -0.25) is 14.5 Å². The molecule has 112 valence electrons. The summed E-state index contributed by atoms with van der Waals surface area (Å²) in [4.78, 5) is 25.9. The second kappa shape index (κ2) is 5.94. The van der Waals surface area contributed by atoms with Crippen molar-refractivity contribution in [2.24, 2.45) is 0 Å². The molecule has 0 saturated heterocycles. The van der Waals surface area contributed by atoms with Crippen LogP contribution in [0.1, 0.15) is 5.56 Å². The van der Waals surface area contributed by atoms with Crippen LogP contribution in [0.3, 0.4) is 0 Å². The number of anilines is 1. The van der Waals surface area contributed by atoms with Gasteiger partial charge in [-0.05, 0) is 24.7 Å². The standard InChI is InChI=1S/C12H14N4O4S/c1-13-6-8-3-2-4-9(5-8)16-21(19,20)10-7-14-12(18)15-11(10)17/h2-5,7,13,16H,6H2,1H3,(H2,14,15,17,18). The van der Waals surface area contributed by atoms with E-state index in [1.54, 1.807) is 25.2 Å². The summed E-state index contributed by atoms with van der Waals surface area (Å²) in [5.41, 5.74) is -0.533. The summed E-state index contributed by atoms with van der Waals surface area (Å²) in [6.45, 7) is 0.578. The molecule has 0 bridgehead atoms. The molecule has 1 aromatic heterocycles. The van der Waals surface area contributed by atoms with Crippen LogP contribution in [0.15, 0.2) is 44.9 Å². The molecule has 0 aliphatic rings. The fraction of sp³-hybridized carbons (Fsp3) is 0.167. The molecule has 0 spiro atoms. The van der Waals surface area contributed by atoms with Gasteiger partial charge in [-0.1, -0.05) is 12.1 Å². The normalized spacial score (nSPS) is 11.3. The molecule has 0 aliphatic carbocycles. The van der Waals surface area contributed by atoms with Gasteiger partial charge in [-0.15, -0.1) is 0 Å². The van der Waals surface area contributed by atoms with Crippen LogP contribution in [0, 0.1) is 0 Å². The fourth-order valence-corrected chi connectivity index (χ4v) is 2.81. The van der Waals surface area contributed by atoms with Gasteiger partial charge in [0.25, 0.3) is 15.6 Å². The molecular weight excluding hydrogens is 296 g/mol. The van der Waals surface area contributed by atoms with E-state index >= 15 is 0 Å². The number of benzene rings is 1. The van der Waals surface area contributed by atoms with E-state index in [9.17, 15) is 18.0 Å². The third-order valence-corrected chi connectivity index (χ3v) is 4.02.